The van der Waals surface area contributed by atoms with Crippen molar-refractivity contribution in [3.63, 3.8) is 0 Å². The number of aryl methyl sites for hydroxylation is 1. The minimum Gasteiger partial charge on any atom is -0.368 e. The molecule has 0 aliphatic heterocycles. The van der Waals surface area contributed by atoms with Gasteiger partial charge in [0.2, 0.25) is 11.9 Å². The highest BCUT2D eigenvalue weighted by atomic mass is 32.2. The maximum atomic E-state index is 13.2. The summed E-state index contributed by atoms with van der Waals surface area (Å²) in [4.78, 5) is 29.9. The highest BCUT2D eigenvalue weighted by Crippen LogP contribution is 2.25. The molecule has 0 atom stereocenters. The zero-order chi connectivity index (χ0) is 19.7. The molecule has 8 nitrogen and oxygen atoms in total. The van der Waals surface area contributed by atoms with Crippen LogP contribution in [0.2, 0.25) is 0 Å². The van der Waals surface area contributed by atoms with E-state index in [-0.39, 0.29) is 17.5 Å². The van der Waals surface area contributed by atoms with Gasteiger partial charge in [0, 0.05) is 0 Å². The van der Waals surface area contributed by atoms with Gasteiger partial charge in [-0.25, -0.2) is 4.98 Å². The van der Waals surface area contributed by atoms with Gasteiger partial charge in [0.25, 0.3) is 5.56 Å². The van der Waals surface area contributed by atoms with Gasteiger partial charge in [0.15, 0.2) is 5.16 Å². The zero-order valence-corrected chi connectivity index (χ0v) is 15.8. The van der Waals surface area contributed by atoms with Crippen LogP contribution < -0.4 is 17.0 Å². The average Bonchev–Trinajstić information content (AvgIpc) is 2.67. The first kappa shape index (κ1) is 17.9. The lowest BCUT2D eigenvalue weighted by atomic mass is 10.2. The van der Waals surface area contributed by atoms with Gasteiger partial charge >= 0.3 is 0 Å². The number of rotatable bonds is 4. The molecule has 0 radical (unpaired) electrons. The van der Waals surface area contributed by atoms with Crippen molar-refractivity contribution < 1.29 is 0 Å². The number of hydrogen-bond acceptors (Lipinski definition) is 8. The first-order valence-electron chi connectivity index (χ1n) is 8.49. The van der Waals surface area contributed by atoms with Crippen molar-refractivity contribution >= 4 is 34.6 Å². The monoisotopic (exact) mass is 391 g/mol. The molecular weight excluding hydrogens is 374 g/mol. The Labute approximate surface area is 164 Å². The van der Waals surface area contributed by atoms with Crippen molar-refractivity contribution in [3.8, 4) is 5.69 Å². The molecule has 0 fully saturated rings. The van der Waals surface area contributed by atoms with Crippen molar-refractivity contribution in [3.05, 3.63) is 70.3 Å². The number of nitrogens with two attached hydrogens (primary N) is 2. The van der Waals surface area contributed by atoms with E-state index in [0.717, 1.165) is 11.3 Å². The van der Waals surface area contributed by atoms with Crippen LogP contribution in [0.5, 0.6) is 0 Å². The number of thioether (sulfide) groups is 1. The van der Waals surface area contributed by atoms with E-state index in [0.29, 0.717) is 27.6 Å². The summed E-state index contributed by atoms with van der Waals surface area (Å²) >= 11 is 1.34. The lowest BCUT2D eigenvalue weighted by Crippen LogP contribution is -2.22. The second-order valence-electron chi connectivity index (χ2n) is 6.10. The molecule has 2 heterocycles. The molecule has 140 valence electrons. The average molecular weight is 391 g/mol. The summed E-state index contributed by atoms with van der Waals surface area (Å²) in [7, 11) is 0. The Bertz CT molecular complexity index is 1220. The van der Waals surface area contributed by atoms with Crippen molar-refractivity contribution in [1.82, 2.24) is 24.5 Å². The van der Waals surface area contributed by atoms with Gasteiger partial charge in [-0.3, -0.25) is 9.36 Å². The Hall–Kier alpha value is -3.46. The van der Waals surface area contributed by atoms with Gasteiger partial charge in [-0.1, -0.05) is 42.1 Å². The summed E-state index contributed by atoms with van der Waals surface area (Å²) in [6.45, 7) is 1.96. The second-order valence-corrected chi connectivity index (χ2v) is 7.04. The Balaban J connectivity index is 1.85. The molecule has 4 N–H and O–H groups in total. The lowest BCUT2D eigenvalue weighted by molar-refractivity contribution is 0.813. The summed E-state index contributed by atoms with van der Waals surface area (Å²) < 4.78 is 1.62. The Kier molecular flexibility index (Phi) is 4.66. The Morgan fingerprint density at radius 3 is 2.36 bits per heavy atom. The summed E-state index contributed by atoms with van der Waals surface area (Å²) in [6, 6.07) is 15.0. The molecule has 9 heteroatoms. The molecule has 28 heavy (non-hydrogen) atoms. The fraction of sp³-hybridized carbons (Fsp3) is 0.105. The van der Waals surface area contributed by atoms with E-state index in [9.17, 15) is 4.79 Å². The fourth-order valence-corrected chi connectivity index (χ4v) is 3.75. The number of aromatic nitrogens is 5. The van der Waals surface area contributed by atoms with Crippen LogP contribution >= 0.6 is 11.8 Å². The first-order valence-corrected chi connectivity index (χ1v) is 9.48. The van der Waals surface area contributed by atoms with Crippen LogP contribution in [0.25, 0.3) is 16.6 Å². The minimum absolute atomic E-state index is 0.0610. The highest BCUT2D eigenvalue weighted by Gasteiger charge is 2.15. The van der Waals surface area contributed by atoms with Gasteiger partial charge in [0.1, 0.15) is 5.82 Å². The van der Waals surface area contributed by atoms with E-state index >= 15 is 0 Å². The molecule has 0 aliphatic carbocycles. The van der Waals surface area contributed by atoms with Crippen molar-refractivity contribution in [2.45, 2.75) is 17.8 Å². The number of nitrogens with zero attached hydrogens (tertiary/aromatic N) is 5. The molecule has 0 aliphatic rings. The molecule has 4 rings (SSSR count). The standard InChI is InChI=1S/C19H17N7OS/c1-11-6-2-5-9-14(11)26-16(27)12-7-3-4-8-13(12)22-19(26)28-10-15-23-17(20)25-18(21)24-15/h2-9H,10H2,1H3,(H4,20,21,23,24,25). The number of hydrogen-bond donors (Lipinski definition) is 2. The lowest BCUT2D eigenvalue weighted by Gasteiger charge is -2.15. The van der Waals surface area contributed by atoms with Crippen molar-refractivity contribution in [1.29, 1.82) is 0 Å². The predicted molar refractivity (Wildman–Crippen MR) is 110 cm³/mol. The van der Waals surface area contributed by atoms with Crippen LogP contribution in [-0.4, -0.2) is 24.5 Å². The minimum atomic E-state index is -0.128. The predicted octanol–water partition coefficient (Wildman–Crippen LogP) is 2.34. The normalized spacial score (nSPS) is 11.0. The molecular formula is C19H17N7OS. The number of nitrogen functional groups attached to an aromatic ring is 2. The third-order valence-electron chi connectivity index (χ3n) is 4.15. The quantitative estimate of drug-likeness (QED) is 0.401. The largest absolute Gasteiger partial charge is 0.368 e. The molecule has 2 aromatic heterocycles. The van der Waals surface area contributed by atoms with E-state index in [2.05, 4.69) is 15.0 Å². The van der Waals surface area contributed by atoms with Crippen LogP contribution in [0.3, 0.4) is 0 Å². The fourth-order valence-electron chi connectivity index (χ4n) is 2.89. The molecule has 0 spiro atoms. The van der Waals surface area contributed by atoms with Crippen molar-refractivity contribution in [2.75, 3.05) is 11.5 Å². The Morgan fingerprint density at radius 1 is 0.929 bits per heavy atom. The van der Waals surface area contributed by atoms with E-state index in [1.54, 1.807) is 10.6 Å². The molecule has 0 saturated heterocycles. The third kappa shape index (κ3) is 3.39. The highest BCUT2D eigenvalue weighted by molar-refractivity contribution is 7.98. The van der Waals surface area contributed by atoms with Gasteiger partial charge in [-0.2, -0.15) is 15.0 Å². The molecule has 0 amide bonds. The van der Waals surface area contributed by atoms with Gasteiger partial charge < -0.3 is 11.5 Å². The van der Waals surface area contributed by atoms with Crippen LogP contribution in [0.15, 0.2) is 58.5 Å². The smallest absolute Gasteiger partial charge is 0.266 e. The van der Waals surface area contributed by atoms with E-state index in [1.807, 2.05) is 49.4 Å². The van der Waals surface area contributed by atoms with E-state index in [1.165, 1.54) is 11.8 Å². The van der Waals surface area contributed by atoms with Crippen LogP contribution in [0.1, 0.15) is 11.4 Å². The number of para-hydroxylation sites is 2. The topological polar surface area (TPSA) is 126 Å². The number of anilines is 2. The van der Waals surface area contributed by atoms with Crippen LogP contribution in [0.4, 0.5) is 11.9 Å². The molecule has 0 saturated carbocycles. The molecule has 4 aromatic rings. The molecule has 2 aromatic carbocycles. The summed E-state index contributed by atoms with van der Waals surface area (Å²) in [5.41, 5.74) is 13.5. The van der Waals surface area contributed by atoms with Crippen LogP contribution in [-0.2, 0) is 5.75 Å². The number of benzene rings is 2. The third-order valence-corrected chi connectivity index (χ3v) is 5.08. The van der Waals surface area contributed by atoms with Crippen molar-refractivity contribution in [2.24, 2.45) is 0 Å². The Morgan fingerprint density at radius 2 is 1.61 bits per heavy atom. The molecule has 0 bridgehead atoms. The van der Waals surface area contributed by atoms with Gasteiger partial charge in [-0.15, -0.1) is 0 Å². The number of fused-ring (bicyclic) bond motifs is 1. The summed E-state index contributed by atoms with van der Waals surface area (Å²) in [5, 5.41) is 1.10. The first-order chi connectivity index (χ1) is 13.5. The SMILES string of the molecule is Cc1ccccc1-n1c(SCc2nc(N)nc(N)n2)nc2ccccc2c1=O. The zero-order valence-electron chi connectivity index (χ0n) is 15.0. The second kappa shape index (κ2) is 7.28. The maximum Gasteiger partial charge on any atom is 0.266 e. The van der Waals surface area contributed by atoms with Gasteiger partial charge in [0.05, 0.1) is 22.3 Å². The van der Waals surface area contributed by atoms with E-state index in [4.69, 9.17) is 16.5 Å². The van der Waals surface area contributed by atoms with Crippen LogP contribution in [0, 0.1) is 6.92 Å². The summed E-state index contributed by atoms with van der Waals surface area (Å²) in [6.07, 6.45) is 0. The maximum absolute atomic E-state index is 13.2. The van der Waals surface area contributed by atoms with E-state index < -0.39 is 0 Å². The van der Waals surface area contributed by atoms with Gasteiger partial charge in [-0.05, 0) is 30.7 Å². The molecule has 0 unspecified atom stereocenters. The summed E-state index contributed by atoms with van der Waals surface area (Å²) in [5.74, 6) is 0.888.